The Bertz CT molecular complexity index is 680. The third-order valence-electron chi connectivity index (χ3n) is 3.96. The van der Waals surface area contributed by atoms with Crippen LogP contribution in [0.5, 0.6) is 5.75 Å². The smallest absolute Gasteiger partial charge is 0.319 e. The molecule has 0 spiro atoms. The van der Waals surface area contributed by atoms with Gasteiger partial charge in [-0.15, -0.1) is 0 Å². The summed E-state index contributed by atoms with van der Waals surface area (Å²) in [6, 6.07) is 7.01. The van der Waals surface area contributed by atoms with Crippen LogP contribution in [-0.4, -0.2) is 22.7 Å². The predicted molar refractivity (Wildman–Crippen MR) is 93.6 cm³/mol. The molecule has 2 aromatic rings. The fourth-order valence-electron chi connectivity index (χ4n) is 2.36. The highest BCUT2D eigenvalue weighted by atomic mass is 16.5. The number of carbonyl (C=O) groups is 1. The molecule has 1 aliphatic rings. The van der Waals surface area contributed by atoms with E-state index in [-0.39, 0.29) is 12.6 Å². The number of urea groups is 1. The largest absolute Gasteiger partial charge is 0.485 e. The first kappa shape index (κ1) is 17.3. The van der Waals surface area contributed by atoms with E-state index >= 15 is 0 Å². The molecule has 2 amide bonds. The molecular weight excluding hydrogens is 320 g/mol. The van der Waals surface area contributed by atoms with Crippen molar-refractivity contribution in [3.8, 4) is 5.75 Å². The van der Waals surface area contributed by atoms with E-state index in [4.69, 9.17) is 9.26 Å². The normalized spacial score (nSPS) is 13.5. The van der Waals surface area contributed by atoms with Gasteiger partial charge in [0.05, 0.1) is 0 Å². The molecule has 0 radical (unpaired) electrons. The number of ether oxygens (including phenoxy) is 1. The van der Waals surface area contributed by atoms with Crippen molar-refractivity contribution in [2.75, 3.05) is 11.9 Å². The Balaban J connectivity index is 1.41. The first-order valence-electron chi connectivity index (χ1n) is 8.85. The van der Waals surface area contributed by atoms with Gasteiger partial charge in [-0.05, 0) is 43.5 Å². The van der Waals surface area contributed by atoms with E-state index in [2.05, 4.69) is 27.7 Å². The van der Waals surface area contributed by atoms with Gasteiger partial charge in [0, 0.05) is 18.2 Å². The molecule has 1 saturated carbocycles. The van der Waals surface area contributed by atoms with Crippen LogP contribution in [0.4, 0.5) is 10.5 Å². The lowest BCUT2D eigenvalue weighted by Gasteiger charge is -2.08. The van der Waals surface area contributed by atoms with E-state index < -0.39 is 0 Å². The monoisotopic (exact) mass is 344 g/mol. The number of nitrogens with zero attached hydrogens (tertiary/aromatic N) is 2. The molecule has 2 N–H and O–H groups in total. The minimum absolute atomic E-state index is 0.191. The fourth-order valence-corrected chi connectivity index (χ4v) is 2.36. The summed E-state index contributed by atoms with van der Waals surface area (Å²) in [7, 11) is 0. The van der Waals surface area contributed by atoms with E-state index in [0.29, 0.717) is 29.9 Å². The number of aromatic nitrogens is 2. The quantitative estimate of drug-likeness (QED) is 0.675. The summed E-state index contributed by atoms with van der Waals surface area (Å²) in [6.07, 6.45) is 5.51. The zero-order valence-electron chi connectivity index (χ0n) is 14.5. The highest BCUT2D eigenvalue weighted by molar-refractivity contribution is 5.89. The maximum atomic E-state index is 11.8. The Labute approximate surface area is 147 Å². The average Bonchev–Trinajstić information content (AvgIpc) is 3.37. The molecule has 0 unspecified atom stereocenters. The number of hydrogen-bond acceptors (Lipinski definition) is 5. The summed E-state index contributed by atoms with van der Waals surface area (Å²) in [4.78, 5) is 16.1. The molecular formula is C18H24N4O3. The zero-order valence-corrected chi connectivity index (χ0v) is 14.5. The fraction of sp³-hybridized carbons (Fsp3) is 0.500. The number of rotatable bonds is 9. The average molecular weight is 344 g/mol. The second kappa shape index (κ2) is 8.50. The van der Waals surface area contributed by atoms with Crippen LogP contribution in [0, 0.1) is 0 Å². The van der Waals surface area contributed by atoms with E-state index in [1.165, 1.54) is 0 Å². The van der Waals surface area contributed by atoms with E-state index in [1.54, 1.807) is 24.3 Å². The SMILES string of the molecule is CCCCCNC(=O)Nc1ccc(OCc2noc(C3CC3)n2)cc1. The number of benzene rings is 1. The number of carbonyl (C=O) groups excluding carboxylic acids is 1. The van der Waals surface area contributed by atoms with Gasteiger partial charge >= 0.3 is 6.03 Å². The lowest BCUT2D eigenvalue weighted by Crippen LogP contribution is -2.29. The third kappa shape index (κ3) is 5.48. The van der Waals surface area contributed by atoms with Crippen molar-refractivity contribution in [1.82, 2.24) is 15.5 Å². The number of hydrogen-bond donors (Lipinski definition) is 2. The van der Waals surface area contributed by atoms with Crippen LogP contribution in [0.3, 0.4) is 0 Å². The van der Waals surface area contributed by atoms with Gasteiger partial charge in [0.15, 0.2) is 6.61 Å². The van der Waals surface area contributed by atoms with Crippen LogP contribution < -0.4 is 15.4 Å². The molecule has 7 heteroatoms. The van der Waals surface area contributed by atoms with Crippen LogP contribution >= 0.6 is 0 Å². The van der Waals surface area contributed by atoms with Crippen LogP contribution in [0.1, 0.15) is 56.7 Å². The standard InChI is InChI=1S/C18H24N4O3/c1-2-3-4-11-19-18(23)20-14-7-9-15(10-8-14)24-12-16-21-17(25-22-16)13-5-6-13/h7-10,13H,2-6,11-12H2,1H3,(H2,19,20,23). The molecule has 0 saturated heterocycles. The first-order chi connectivity index (χ1) is 12.2. The Morgan fingerprint density at radius 1 is 1.28 bits per heavy atom. The van der Waals surface area contributed by atoms with Gasteiger partial charge in [0.2, 0.25) is 11.7 Å². The Morgan fingerprint density at radius 3 is 2.80 bits per heavy atom. The van der Waals surface area contributed by atoms with Gasteiger partial charge in [0.25, 0.3) is 0 Å². The summed E-state index contributed by atoms with van der Waals surface area (Å²) >= 11 is 0. The minimum Gasteiger partial charge on any atom is -0.485 e. The highest BCUT2D eigenvalue weighted by Crippen LogP contribution is 2.38. The van der Waals surface area contributed by atoms with Crippen molar-refractivity contribution < 1.29 is 14.1 Å². The molecule has 134 valence electrons. The summed E-state index contributed by atoms with van der Waals surface area (Å²) in [6.45, 7) is 3.09. The van der Waals surface area contributed by atoms with Crippen molar-refractivity contribution >= 4 is 11.7 Å². The van der Waals surface area contributed by atoms with E-state index in [9.17, 15) is 4.79 Å². The first-order valence-corrected chi connectivity index (χ1v) is 8.85. The zero-order chi connectivity index (χ0) is 17.5. The predicted octanol–water partition coefficient (Wildman–Crippen LogP) is 3.84. The van der Waals surface area contributed by atoms with Crippen molar-refractivity contribution in [2.24, 2.45) is 0 Å². The highest BCUT2D eigenvalue weighted by Gasteiger charge is 2.29. The van der Waals surface area contributed by atoms with Crippen molar-refractivity contribution in [1.29, 1.82) is 0 Å². The maximum Gasteiger partial charge on any atom is 0.319 e. The van der Waals surface area contributed by atoms with Crippen molar-refractivity contribution in [3.05, 3.63) is 36.0 Å². The number of unbranched alkanes of at least 4 members (excludes halogenated alkanes) is 2. The van der Waals surface area contributed by atoms with Gasteiger partial charge in [-0.3, -0.25) is 0 Å². The van der Waals surface area contributed by atoms with Crippen LogP contribution in [0.15, 0.2) is 28.8 Å². The minimum atomic E-state index is -0.191. The molecule has 7 nitrogen and oxygen atoms in total. The molecule has 0 atom stereocenters. The summed E-state index contributed by atoms with van der Waals surface area (Å²) < 4.78 is 10.8. The second-order valence-corrected chi connectivity index (χ2v) is 6.22. The molecule has 25 heavy (non-hydrogen) atoms. The molecule has 1 heterocycles. The summed E-state index contributed by atoms with van der Waals surface area (Å²) in [5.41, 5.74) is 0.718. The molecule has 1 aromatic heterocycles. The van der Waals surface area contributed by atoms with Gasteiger partial charge in [-0.2, -0.15) is 4.98 Å². The van der Waals surface area contributed by atoms with E-state index in [1.807, 2.05) is 0 Å². The van der Waals surface area contributed by atoms with Crippen LogP contribution in [0.2, 0.25) is 0 Å². The second-order valence-electron chi connectivity index (χ2n) is 6.22. The van der Waals surface area contributed by atoms with Crippen LogP contribution in [0.25, 0.3) is 0 Å². The van der Waals surface area contributed by atoms with E-state index in [0.717, 1.165) is 37.8 Å². The Hall–Kier alpha value is -2.57. The molecule has 3 rings (SSSR count). The third-order valence-corrected chi connectivity index (χ3v) is 3.96. The molecule has 0 aliphatic heterocycles. The summed E-state index contributed by atoms with van der Waals surface area (Å²) in [5.74, 6) is 2.39. The molecule has 1 fully saturated rings. The molecule has 1 aliphatic carbocycles. The van der Waals surface area contributed by atoms with Crippen LogP contribution in [-0.2, 0) is 6.61 Å². The Kier molecular flexibility index (Phi) is 5.87. The number of anilines is 1. The topological polar surface area (TPSA) is 89.3 Å². The number of amides is 2. The molecule has 0 bridgehead atoms. The van der Waals surface area contributed by atoms with Gasteiger partial charge < -0.3 is 19.9 Å². The van der Waals surface area contributed by atoms with Gasteiger partial charge in [0.1, 0.15) is 5.75 Å². The maximum absolute atomic E-state index is 11.8. The van der Waals surface area contributed by atoms with Gasteiger partial charge in [-0.1, -0.05) is 24.9 Å². The lowest BCUT2D eigenvalue weighted by molar-refractivity contribution is 0.252. The van der Waals surface area contributed by atoms with Gasteiger partial charge in [-0.25, -0.2) is 4.79 Å². The van der Waals surface area contributed by atoms with Crippen molar-refractivity contribution in [3.63, 3.8) is 0 Å². The number of nitrogens with one attached hydrogen (secondary N) is 2. The Morgan fingerprint density at radius 2 is 2.08 bits per heavy atom. The summed E-state index contributed by atoms with van der Waals surface area (Å²) in [5, 5.41) is 9.55. The lowest BCUT2D eigenvalue weighted by atomic mass is 10.2. The van der Waals surface area contributed by atoms with Crippen molar-refractivity contribution in [2.45, 2.75) is 51.6 Å². The molecule has 1 aromatic carbocycles.